The fraction of sp³-hybridized carbons (Fsp3) is 0.450. The first kappa shape index (κ1) is 18.2. The van der Waals surface area contributed by atoms with E-state index in [-0.39, 0.29) is 17.7 Å². The van der Waals surface area contributed by atoms with Gasteiger partial charge in [-0.15, -0.1) is 0 Å². The highest BCUT2D eigenvalue weighted by atomic mass is 16.2. The Morgan fingerprint density at radius 3 is 2.92 bits per heavy atom. The zero-order chi connectivity index (χ0) is 18.7. The van der Waals surface area contributed by atoms with Gasteiger partial charge in [-0.05, 0) is 50.3 Å². The smallest absolute Gasteiger partial charge is 0.255 e. The van der Waals surface area contributed by atoms with Crippen molar-refractivity contribution in [1.82, 2.24) is 19.8 Å². The van der Waals surface area contributed by atoms with Crippen molar-refractivity contribution in [2.75, 3.05) is 19.6 Å². The van der Waals surface area contributed by atoms with Crippen molar-refractivity contribution in [2.45, 2.75) is 33.1 Å². The van der Waals surface area contributed by atoms with Gasteiger partial charge in [0, 0.05) is 25.3 Å². The van der Waals surface area contributed by atoms with E-state index in [1.54, 1.807) is 10.7 Å². The Morgan fingerprint density at radius 2 is 2.15 bits per heavy atom. The molecule has 2 amide bonds. The van der Waals surface area contributed by atoms with Crippen LogP contribution < -0.4 is 5.32 Å². The van der Waals surface area contributed by atoms with Gasteiger partial charge in [0.2, 0.25) is 5.91 Å². The maximum absolute atomic E-state index is 12.7. The normalized spacial score (nSPS) is 17.8. The van der Waals surface area contributed by atoms with Crippen LogP contribution in [0.15, 0.2) is 31.0 Å². The number of fused-ring (bicyclic) bond motifs is 1. The number of hydrogen-bond donors (Lipinski definition) is 1. The third kappa shape index (κ3) is 3.64. The molecule has 6 heteroatoms. The molecule has 1 aliphatic rings. The highest BCUT2D eigenvalue weighted by Gasteiger charge is 2.22. The lowest BCUT2D eigenvalue weighted by atomic mass is 10.0. The zero-order valence-electron chi connectivity index (χ0n) is 15.5. The van der Waals surface area contributed by atoms with E-state index in [0.29, 0.717) is 18.7 Å². The molecule has 0 aromatic carbocycles. The minimum absolute atomic E-state index is 0.0308. The molecule has 0 radical (unpaired) electrons. The third-order valence-electron chi connectivity index (χ3n) is 5.24. The summed E-state index contributed by atoms with van der Waals surface area (Å²) in [5, 5.41) is 7.38. The SMILES string of the molecule is C=CC(=O)N1CCCCC(CNC(=O)c2cnn3c(C)c(C)ccc23)C1. The molecular formula is C20H26N4O2. The van der Waals surface area contributed by atoms with Crippen LogP contribution in [-0.4, -0.2) is 46.0 Å². The van der Waals surface area contributed by atoms with Gasteiger partial charge in [0.25, 0.3) is 5.91 Å². The predicted octanol–water partition coefficient (Wildman–Crippen LogP) is 2.50. The molecular weight excluding hydrogens is 328 g/mol. The van der Waals surface area contributed by atoms with Crippen molar-refractivity contribution in [2.24, 2.45) is 5.92 Å². The molecule has 3 heterocycles. The van der Waals surface area contributed by atoms with Gasteiger partial charge in [-0.3, -0.25) is 9.59 Å². The summed E-state index contributed by atoms with van der Waals surface area (Å²) in [7, 11) is 0. The van der Waals surface area contributed by atoms with E-state index >= 15 is 0 Å². The first-order valence-corrected chi connectivity index (χ1v) is 9.14. The Bertz CT molecular complexity index is 840. The molecule has 1 saturated heterocycles. The number of carbonyl (C=O) groups is 2. The molecule has 1 atom stereocenters. The van der Waals surface area contributed by atoms with E-state index in [0.717, 1.165) is 42.6 Å². The van der Waals surface area contributed by atoms with Crippen LogP contribution in [0.4, 0.5) is 0 Å². The number of likely N-dealkylation sites (tertiary alicyclic amines) is 1. The maximum Gasteiger partial charge on any atom is 0.255 e. The Kier molecular flexibility index (Phi) is 5.40. The minimum Gasteiger partial charge on any atom is -0.352 e. The number of amides is 2. The van der Waals surface area contributed by atoms with Gasteiger partial charge in [0.05, 0.1) is 17.3 Å². The monoisotopic (exact) mass is 354 g/mol. The summed E-state index contributed by atoms with van der Waals surface area (Å²) in [4.78, 5) is 26.4. The van der Waals surface area contributed by atoms with Crippen LogP contribution >= 0.6 is 0 Å². The number of aromatic nitrogens is 2. The Morgan fingerprint density at radius 1 is 1.35 bits per heavy atom. The number of nitrogens with zero attached hydrogens (tertiary/aromatic N) is 3. The third-order valence-corrected chi connectivity index (χ3v) is 5.24. The average Bonchev–Trinajstić information content (AvgIpc) is 2.94. The summed E-state index contributed by atoms with van der Waals surface area (Å²) in [6.07, 6.45) is 6.06. The molecule has 1 unspecified atom stereocenters. The van der Waals surface area contributed by atoms with E-state index < -0.39 is 0 Å². The van der Waals surface area contributed by atoms with Crippen LogP contribution in [0.3, 0.4) is 0 Å². The summed E-state index contributed by atoms with van der Waals surface area (Å²) in [5.41, 5.74) is 3.57. The molecule has 1 N–H and O–H groups in total. The van der Waals surface area contributed by atoms with E-state index in [2.05, 4.69) is 17.0 Å². The first-order chi connectivity index (χ1) is 12.5. The molecule has 3 rings (SSSR count). The summed E-state index contributed by atoms with van der Waals surface area (Å²) in [6, 6.07) is 3.94. The Balaban J connectivity index is 1.68. The van der Waals surface area contributed by atoms with Gasteiger partial charge in [-0.25, -0.2) is 4.52 Å². The summed E-state index contributed by atoms with van der Waals surface area (Å²) >= 11 is 0. The van der Waals surface area contributed by atoms with E-state index in [1.165, 1.54) is 6.08 Å². The Hall–Kier alpha value is -2.63. The standard InChI is InChI=1S/C20H26N4O2/c1-4-19(25)23-10-6-5-7-16(13-23)11-21-20(26)17-12-22-24-15(3)14(2)8-9-18(17)24/h4,8-9,12,16H,1,5-7,10-11,13H2,2-3H3,(H,21,26). The van der Waals surface area contributed by atoms with Gasteiger partial charge >= 0.3 is 0 Å². The fourth-order valence-corrected chi connectivity index (χ4v) is 3.51. The highest BCUT2D eigenvalue weighted by molar-refractivity contribution is 6.00. The second-order valence-corrected chi connectivity index (χ2v) is 7.02. The van der Waals surface area contributed by atoms with Crippen LogP contribution in [0.2, 0.25) is 0 Å². The minimum atomic E-state index is -0.117. The molecule has 2 aromatic heterocycles. The van der Waals surface area contributed by atoms with Crippen LogP contribution in [0.25, 0.3) is 5.52 Å². The molecule has 0 saturated carbocycles. The molecule has 1 aliphatic heterocycles. The fourth-order valence-electron chi connectivity index (χ4n) is 3.51. The van der Waals surface area contributed by atoms with Gasteiger partial charge in [0.1, 0.15) is 0 Å². The topological polar surface area (TPSA) is 66.7 Å². The molecule has 6 nitrogen and oxygen atoms in total. The quantitative estimate of drug-likeness (QED) is 0.858. The molecule has 26 heavy (non-hydrogen) atoms. The second-order valence-electron chi connectivity index (χ2n) is 7.02. The number of rotatable bonds is 4. The molecule has 1 fully saturated rings. The van der Waals surface area contributed by atoms with Crippen molar-refractivity contribution in [3.8, 4) is 0 Å². The van der Waals surface area contributed by atoms with Crippen molar-refractivity contribution in [3.63, 3.8) is 0 Å². The summed E-state index contributed by atoms with van der Waals surface area (Å²) in [5.74, 6) is 0.113. The number of hydrogen-bond acceptors (Lipinski definition) is 3. The van der Waals surface area contributed by atoms with E-state index in [1.807, 2.05) is 30.9 Å². The van der Waals surface area contributed by atoms with Crippen molar-refractivity contribution in [1.29, 1.82) is 0 Å². The summed E-state index contributed by atoms with van der Waals surface area (Å²) < 4.78 is 1.81. The zero-order valence-corrected chi connectivity index (χ0v) is 15.5. The van der Waals surface area contributed by atoms with Crippen LogP contribution in [0.5, 0.6) is 0 Å². The predicted molar refractivity (Wildman–Crippen MR) is 101 cm³/mol. The largest absolute Gasteiger partial charge is 0.352 e. The average molecular weight is 354 g/mol. The van der Waals surface area contributed by atoms with Gasteiger partial charge in [-0.2, -0.15) is 5.10 Å². The van der Waals surface area contributed by atoms with E-state index in [4.69, 9.17) is 0 Å². The maximum atomic E-state index is 12.7. The van der Waals surface area contributed by atoms with Crippen molar-refractivity contribution >= 4 is 17.3 Å². The lowest BCUT2D eigenvalue weighted by Crippen LogP contribution is -2.38. The molecule has 0 bridgehead atoms. The lowest BCUT2D eigenvalue weighted by molar-refractivity contribution is -0.126. The van der Waals surface area contributed by atoms with Crippen molar-refractivity contribution < 1.29 is 9.59 Å². The molecule has 138 valence electrons. The first-order valence-electron chi connectivity index (χ1n) is 9.14. The molecule has 0 aliphatic carbocycles. The molecule has 0 spiro atoms. The lowest BCUT2D eigenvalue weighted by Gasteiger charge is -2.23. The van der Waals surface area contributed by atoms with E-state index in [9.17, 15) is 9.59 Å². The number of aryl methyl sites for hydroxylation is 2. The van der Waals surface area contributed by atoms with Gasteiger partial charge in [-0.1, -0.05) is 19.1 Å². The van der Waals surface area contributed by atoms with Crippen LogP contribution in [0, 0.1) is 19.8 Å². The van der Waals surface area contributed by atoms with Crippen LogP contribution in [-0.2, 0) is 4.79 Å². The number of pyridine rings is 1. The highest BCUT2D eigenvalue weighted by Crippen LogP contribution is 2.18. The van der Waals surface area contributed by atoms with Crippen LogP contribution in [0.1, 0.15) is 40.9 Å². The van der Waals surface area contributed by atoms with Gasteiger partial charge in [0.15, 0.2) is 0 Å². The van der Waals surface area contributed by atoms with Gasteiger partial charge < -0.3 is 10.2 Å². The second kappa shape index (κ2) is 7.72. The summed E-state index contributed by atoms with van der Waals surface area (Å²) in [6.45, 7) is 9.58. The molecule has 2 aromatic rings. The van der Waals surface area contributed by atoms with Crippen molar-refractivity contribution in [3.05, 3.63) is 47.8 Å². The Labute approximate surface area is 153 Å². The number of carbonyl (C=O) groups excluding carboxylic acids is 2. The number of nitrogens with one attached hydrogen (secondary N) is 1.